The number of imidazole rings is 1. The van der Waals surface area contributed by atoms with E-state index in [4.69, 9.17) is 4.74 Å². The molecule has 27 heavy (non-hydrogen) atoms. The summed E-state index contributed by atoms with van der Waals surface area (Å²) >= 11 is 0. The van der Waals surface area contributed by atoms with Crippen LogP contribution in [0.25, 0.3) is 11.2 Å². The average Bonchev–Trinajstić information content (AvgIpc) is 3.18. The number of hydrogen-bond donors (Lipinski definition) is 2. The molecule has 3 aromatic rings. The monoisotopic (exact) mass is 368 g/mol. The van der Waals surface area contributed by atoms with Crippen molar-refractivity contribution in [3.05, 3.63) is 42.5 Å². The number of aromatic nitrogens is 4. The molecule has 142 valence electrons. The van der Waals surface area contributed by atoms with Crippen molar-refractivity contribution in [2.45, 2.75) is 19.0 Å². The minimum atomic E-state index is 0.163. The van der Waals surface area contributed by atoms with E-state index < -0.39 is 0 Å². The Labute approximate surface area is 157 Å². The zero-order chi connectivity index (χ0) is 18.6. The van der Waals surface area contributed by atoms with E-state index in [0.29, 0.717) is 5.65 Å². The SMILES string of the molecule is COc1cccc(CN2CCN(c3ncnc4nc[nH]c34)C[C@@H]2CCO)c1. The average molecular weight is 368 g/mol. The number of piperazine rings is 1. The molecule has 0 bridgehead atoms. The van der Waals surface area contributed by atoms with Crippen molar-refractivity contribution in [3.63, 3.8) is 0 Å². The molecule has 4 rings (SSSR count). The molecule has 0 amide bonds. The lowest BCUT2D eigenvalue weighted by molar-refractivity contribution is 0.135. The van der Waals surface area contributed by atoms with Crippen molar-refractivity contribution in [3.8, 4) is 5.75 Å². The summed E-state index contributed by atoms with van der Waals surface area (Å²) in [7, 11) is 1.68. The standard InChI is InChI=1S/C19H24N6O2/c1-27-16-4-2-3-14(9-16)10-24-6-7-25(11-15(24)5-8-26)19-17-18(21-12-20-17)22-13-23-19/h2-4,9,12-13,15,26H,5-8,10-11H2,1H3,(H,20,21,22,23)/t15-/m0/s1. The van der Waals surface area contributed by atoms with Gasteiger partial charge in [-0.2, -0.15) is 0 Å². The van der Waals surface area contributed by atoms with Crippen LogP contribution in [-0.4, -0.2) is 69.3 Å². The van der Waals surface area contributed by atoms with E-state index >= 15 is 0 Å². The maximum Gasteiger partial charge on any atom is 0.182 e. The molecule has 0 aliphatic carbocycles. The number of anilines is 1. The van der Waals surface area contributed by atoms with Crippen LogP contribution in [0.4, 0.5) is 5.82 Å². The topological polar surface area (TPSA) is 90.4 Å². The van der Waals surface area contributed by atoms with Crippen molar-refractivity contribution in [1.82, 2.24) is 24.8 Å². The molecule has 1 aliphatic rings. The molecule has 1 saturated heterocycles. The van der Waals surface area contributed by atoms with Gasteiger partial charge < -0.3 is 19.7 Å². The summed E-state index contributed by atoms with van der Waals surface area (Å²) < 4.78 is 5.34. The van der Waals surface area contributed by atoms with Gasteiger partial charge in [0.15, 0.2) is 11.5 Å². The Morgan fingerprint density at radius 1 is 1.26 bits per heavy atom. The van der Waals surface area contributed by atoms with Crippen molar-refractivity contribution < 1.29 is 9.84 Å². The molecule has 8 heteroatoms. The molecule has 1 aliphatic heterocycles. The van der Waals surface area contributed by atoms with Crippen molar-refractivity contribution >= 4 is 17.0 Å². The van der Waals surface area contributed by atoms with Gasteiger partial charge in [-0.25, -0.2) is 15.0 Å². The third-order valence-electron chi connectivity index (χ3n) is 5.09. The molecule has 1 aromatic carbocycles. The number of benzene rings is 1. The van der Waals surface area contributed by atoms with E-state index in [1.807, 2.05) is 12.1 Å². The molecular weight excluding hydrogens is 344 g/mol. The first kappa shape index (κ1) is 17.7. The first-order chi connectivity index (χ1) is 13.3. The van der Waals surface area contributed by atoms with Crippen molar-refractivity contribution in [2.75, 3.05) is 38.3 Å². The Morgan fingerprint density at radius 2 is 2.19 bits per heavy atom. The second-order valence-corrected chi connectivity index (χ2v) is 6.73. The Bertz CT molecular complexity index is 899. The summed E-state index contributed by atoms with van der Waals surface area (Å²) in [6, 6.07) is 8.39. The molecule has 0 spiro atoms. The lowest BCUT2D eigenvalue weighted by Gasteiger charge is -2.42. The van der Waals surface area contributed by atoms with Gasteiger partial charge in [-0.05, 0) is 24.1 Å². The largest absolute Gasteiger partial charge is 0.497 e. The van der Waals surface area contributed by atoms with Gasteiger partial charge in [-0.1, -0.05) is 12.1 Å². The van der Waals surface area contributed by atoms with E-state index in [1.165, 1.54) is 5.56 Å². The number of nitrogens with one attached hydrogen (secondary N) is 1. The Morgan fingerprint density at radius 3 is 3.04 bits per heavy atom. The third-order valence-corrected chi connectivity index (χ3v) is 5.09. The quantitative estimate of drug-likeness (QED) is 0.680. The molecular formula is C19H24N6O2. The molecule has 0 saturated carbocycles. The smallest absolute Gasteiger partial charge is 0.182 e. The van der Waals surface area contributed by atoms with E-state index in [9.17, 15) is 5.11 Å². The first-order valence-corrected chi connectivity index (χ1v) is 9.15. The number of hydrogen-bond acceptors (Lipinski definition) is 7. The van der Waals surface area contributed by atoms with Crippen LogP contribution in [0, 0.1) is 0 Å². The molecule has 3 heterocycles. The fraction of sp³-hybridized carbons (Fsp3) is 0.421. The van der Waals surface area contributed by atoms with E-state index in [-0.39, 0.29) is 12.6 Å². The second-order valence-electron chi connectivity index (χ2n) is 6.73. The van der Waals surface area contributed by atoms with Crippen LogP contribution < -0.4 is 9.64 Å². The van der Waals surface area contributed by atoms with Crippen LogP contribution in [0.15, 0.2) is 36.9 Å². The highest BCUT2D eigenvalue weighted by molar-refractivity contribution is 5.82. The summed E-state index contributed by atoms with van der Waals surface area (Å²) in [5, 5.41) is 9.57. The number of aromatic amines is 1. The minimum absolute atomic E-state index is 0.163. The number of rotatable bonds is 6. The summed E-state index contributed by atoms with van der Waals surface area (Å²) in [6.07, 6.45) is 3.92. The highest BCUT2D eigenvalue weighted by atomic mass is 16.5. The Kier molecular flexibility index (Phi) is 5.17. The number of aliphatic hydroxyl groups excluding tert-OH is 1. The van der Waals surface area contributed by atoms with Gasteiger partial charge in [0, 0.05) is 38.8 Å². The van der Waals surface area contributed by atoms with E-state index in [2.05, 4.69) is 41.9 Å². The molecule has 1 atom stereocenters. The van der Waals surface area contributed by atoms with Gasteiger partial charge >= 0.3 is 0 Å². The zero-order valence-electron chi connectivity index (χ0n) is 15.4. The van der Waals surface area contributed by atoms with Crippen LogP contribution in [0.3, 0.4) is 0 Å². The normalized spacial score (nSPS) is 18.1. The maximum absolute atomic E-state index is 9.57. The van der Waals surface area contributed by atoms with E-state index in [0.717, 1.165) is 49.7 Å². The lowest BCUT2D eigenvalue weighted by atomic mass is 10.1. The van der Waals surface area contributed by atoms with Gasteiger partial charge in [0.25, 0.3) is 0 Å². The molecule has 2 aromatic heterocycles. The van der Waals surface area contributed by atoms with Gasteiger partial charge in [0.2, 0.25) is 0 Å². The second kappa shape index (κ2) is 7.89. The lowest BCUT2D eigenvalue weighted by Crippen LogP contribution is -2.53. The van der Waals surface area contributed by atoms with Gasteiger partial charge in [0.1, 0.15) is 17.6 Å². The molecule has 2 N–H and O–H groups in total. The highest BCUT2D eigenvalue weighted by Crippen LogP contribution is 2.25. The summed E-state index contributed by atoms with van der Waals surface area (Å²) in [6.45, 7) is 3.55. The summed E-state index contributed by atoms with van der Waals surface area (Å²) in [4.78, 5) is 20.7. The van der Waals surface area contributed by atoms with Gasteiger partial charge in [-0.3, -0.25) is 4.90 Å². The zero-order valence-corrected chi connectivity index (χ0v) is 15.4. The molecule has 0 radical (unpaired) electrons. The third kappa shape index (κ3) is 3.72. The van der Waals surface area contributed by atoms with Crippen molar-refractivity contribution in [2.24, 2.45) is 0 Å². The Balaban J connectivity index is 1.52. The predicted octanol–water partition coefficient (Wildman–Crippen LogP) is 1.43. The summed E-state index contributed by atoms with van der Waals surface area (Å²) in [5.41, 5.74) is 2.75. The first-order valence-electron chi connectivity index (χ1n) is 9.15. The van der Waals surface area contributed by atoms with Gasteiger partial charge in [-0.15, -0.1) is 0 Å². The van der Waals surface area contributed by atoms with Gasteiger partial charge in [0.05, 0.1) is 13.4 Å². The van der Waals surface area contributed by atoms with Crippen LogP contribution in [-0.2, 0) is 6.54 Å². The molecule has 1 fully saturated rings. The van der Waals surface area contributed by atoms with Crippen LogP contribution in [0.5, 0.6) is 5.75 Å². The maximum atomic E-state index is 9.57. The fourth-order valence-electron chi connectivity index (χ4n) is 3.71. The predicted molar refractivity (Wildman–Crippen MR) is 103 cm³/mol. The van der Waals surface area contributed by atoms with Crippen molar-refractivity contribution in [1.29, 1.82) is 0 Å². The number of H-pyrrole nitrogens is 1. The number of fused-ring (bicyclic) bond motifs is 1. The van der Waals surface area contributed by atoms with E-state index in [1.54, 1.807) is 19.8 Å². The fourth-order valence-corrected chi connectivity index (χ4v) is 3.71. The van der Waals surface area contributed by atoms with Crippen LogP contribution >= 0.6 is 0 Å². The van der Waals surface area contributed by atoms with Crippen LogP contribution in [0.1, 0.15) is 12.0 Å². The highest BCUT2D eigenvalue weighted by Gasteiger charge is 2.28. The summed E-state index contributed by atoms with van der Waals surface area (Å²) in [5.74, 6) is 1.74. The minimum Gasteiger partial charge on any atom is -0.497 e. The number of ether oxygens (including phenoxy) is 1. The number of nitrogens with zero attached hydrogens (tertiary/aromatic N) is 5. The van der Waals surface area contributed by atoms with Crippen LogP contribution in [0.2, 0.25) is 0 Å². The Hall–Kier alpha value is -2.71. The number of aliphatic hydroxyl groups is 1. The molecule has 8 nitrogen and oxygen atoms in total. The number of methoxy groups -OCH3 is 1. The molecule has 0 unspecified atom stereocenters.